The summed E-state index contributed by atoms with van der Waals surface area (Å²) < 4.78 is 19.5. The van der Waals surface area contributed by atoms with Crippen LogP contribution in [0.5, 0.6) is 11.5 Å². The lowest BCUT2D eigenvalue weighted by Crippen LogP contribution is -2.06. The Morgan fingerprint density at radius 1 is 1.00 bits per heavy atom. The van der Waals surface area contributed by atoms with Gasteiger partial charge in [-0.25, -0.2) is 4.39 Å². The zero-order valence-corrected chi connectivity index (χ0v) is 15.3. The summed E-state index contributed by atoms with van der Waals surface area (Å²) in [6, 6.07) is 23.5. The van der Waals surface area contributed by atoms with Crippen LogP contribution in [0.4, 0.5) is 4.39 Å². The van der Waals surface area contributed by atoms with Gasteiger partial charge in [-0.2, -0.15) is 5.10 Å². The molecule has 0 spiro atoms. The Morgan fingerprint density at radius 3 is 2.44 bits per heavy atom. The minimum atomic E-state index is -0.447. The van der Waals surface area contributed by atoms with Crippen molar-refractivity contribution in [1.82, 2.24) is 0 Å². The van der Waals surface area contributed by atoms with Crippen LogP contribution in [0.3, 0.4) is 0 Å². The second kappa shape index (κ2) is 9.54. The minimum Gasteiger partial charge on any atom is -0.454 e. The fourth-order valence-corrected chi connectivity index (χ4v) is 2.82. The van der Waals surface area contributed by atoms with Gasteiger partial charge in [0.25, 0.3) is 0 Å². The van der Waals surface area contributed by atoms with E-state index < -0.39 is 5.82 Å². The first-order chi connectivity index (χ1) is 13.2. The van der Waals surface area contributed by atoms with E-state index in [-0.39, 0.29) is 5.75 Å². The van der Waals surface area contributed by atoms with Gasteiger partial charge in [-0.3, -0.25) is 0 Å². The van der Waals surface area contributed by atoms with E-state index in [4.69, 9.17) is 10.5 Å². The van der Waals surface area contributed by atoms with Gasteiger partial charge in [0.05, 0.1) is 6.21 Å². The molecule has 0 heterocycles. The normalized spacial score (nSPS) is 11.7. The first-order valence-electron chi connectivity index (χ1n) is 8.26. The van der Waals surface area contributed by atoms with Crippen molar-refractivity contribution in [2.75, 3.05) is 0 Å². The van der Waals surface area contributed by atoms with E-state index in [1.807, 2.05) is 48.5 Å². The predicted molar refractivity (Wildman–Crippen MR) is 110 cm³/mol. The Balaban J connectivity index is 1.61. The van der Waals surface area contributed by atoms with Gasteiger partial charge in [0, 0.05) is 5.75 Å². The van der Waals surface area contributed by atoms with Gasteiger partial charge in [-0.1, -0.05) is 66.4 Å². The molecular formula is C21H18FN3OS. The van der Waals surface area contributed by atoms with Crippen molar-refractivity contribution < 1.29 is 9.13 Å². The van der Waals surface area contributed by atoms with Gasteiger partial charge in [0.1, 0.15) is 5.75 Å². The molecule has 0 atom stereocenters. The van der Waals surface area contributed by atoms with Crippen LogP contribution < -0.4 is 10.5 Å². The van der Waals surface area contributed by atoms with Crippen molar-refractivity contribution in [3.05, 3.63) is 95.8 Å². The smallest absolute Gasteiger partial charge is 0.180 e. The molecule has 0 saturated carbocycles. The number of nitrogens with two attached hydrogens (primary N) is 1. The number of halogens is 1. The highest BCUT2D eigenvalue weighted by Gasteiger charge is 2.05. The first kappa shape index (κ1) is 18.7. The highest BCUT2D eigenvalue weighted by molar-refractivity contribution is 8.13. The van der Waals surface area contributed by atoms with Crippen LogP contribution in [0.25, 0.3) is 0 Å². The van der Waals surface area contributed by atoms with Crippen LogP contribution in [0.15, 0.2) is 89.1 Å². The maximum Gasteiger partial charge on any atom is 0.180 e. The molecule has 3 aromatic carbocycles. The van der Waals surface area contributed by atoms with Crippen molar-refractivity contribution in [1.29, 1.82) is 0 Å². The molecule has 0 aliphatic heterocycles. The summed E-state index contributed by atoms with van der Waals surface area (Å²) in [6.45, 7) is 0. The molecule has 0 fully saturated rings. The van der Waals surface area contributed by atoms with Gasteiger partial charge >= 0.3 is 0 Å². The quantitative estimate of drug-likeness (QED) is 0.364. The van der Waals surface area contributed by atoms with Gasteiger partial charge < -0.3 is 10.5 Å². The van der Waals surface area contributed by atoms with E-state index in [9.17, 15) is 4.39 Å². The Morgan fingerprint density at radius 2 is 1.70 bits per heavy atom. The Hall–Kier alpha value is -3.12. The third kappa shape index (κ3) is 5.97. The lowest BCUT2D eigenvalue weighted by atomic mass is 10.2. The predicted octanol–water partition coefficient (Wildman–Crippen LogP) is 5.20. The van der Waals surface area contributed by atoms with Crippen molar-refractivity contribution in [2.45, 2.75) is 5.75 Å². The van der Waals surface area contributed by atoms with Crippen molar-refractivity contribution in [3.63, 3.8) is 0 Å². The lowest BCUT2D eigenvalue weighted by molar-refractivity contribution is 0.442. The number of benzene rings is 3. The topological polar surface area (TPSA) is 60.0 Å². The van der Waals surface area contributed by atoms with Crippen molar-refractivity contribution in [3.8, 4) is 11.5 Å². The summed E-state index contributed by atoms with van der Waals surface area (Å²) in [4.78, 5) is 0. The van der Waals surface area contributed by atoms with Crippen molar-refractivity contribution in [2.24, 2.45) is 15.9 Å². The van der Waals surface area contributed by atoms with E-state index in [1.165, 1.54) is 24.0 Å². The van der Waals surface area contributed by atoms with Crippen LogP contribution in [0.2, 0.25) is 0 Å². The molecule has 0 saturated heterocycles. The third-order valence-corrected chi connectivity index (χ3v) is 4.37. The number of amidine groups is 1. The number of rotatable bonds is 6. The fraction of sp³-hybridized carbons (Fsp3) is 0.0476. The SMILES string of the molecule is NC(=NN=Cc1ccc(F)c(Oc2ccccc2)c1)SCc1ccccc1. The van der Waals surface area contributed by atoms with Gasteiger partial charge in [0.2, 0.25) is 0 Å². The van der Waals surface area contributed by atoms with Crippen LogP contribution in [0.1, 0.15) is 11.1 Å². The third-order valence-electron chi connectivity index (χ3n) is 3.52. The number of hydrogen-bond donors (Lipinski definition) is 1. The second-order valence-electron chi connectivity index (χ2n) is 5.56. The summed E-state index contributed by atoms with van der Waals surface area (Å²) in [7, 11) is 0. The molecule has 0 aromatic heterocycles. The largest absolute Gasteiger partial charge is 0.454 e. The Labute approximate surface area is 161 Å². The van der Waals surface area contributed by atoms with Gasteiger partial charge in [0.15, 0.2) is 16.7 Å². The maximum absolute atomic E-state index is 13.9. The minimum absolute atomic E-state index is 0.126. The molecule has 0 aliphatic carbocycles. The van der Waals surface area contributed by atoms with E-state index in [1.54, 1.807) is 24.3 Å². The molecule has 4 nitrogen and oxygen atoms in total. The molecule has 0 amide bonds. The number of para-hydroxylation sites is 1. The number of ether oxygens (including phenoxy) is 1. The van der Waals surface area contributed by atoms with E-state index >= 15 is 0 Å². The van der Waals surface area contributed by atoms with Crippen molar-refractivity contribution >= 4 is 23.1 Å². The standard InChI is InChI=1S/C21H18FN3OS/c22-19-12-11-17(13-20(19)26-18-9-5-2-6-10-18)14-24-25-21(23)27-15-16-7-3-1-4-8-16/h1-14H,15H2,(H2,23,25). The second-order valence-corrected chi connectivity index (χ2v) is 6.56. The molecule has 136 valence electrons. The molecule has 2 N–H and O–H groups in total. The molecular weight excluding hydrogens is 361 g/mol. The molecule has 6 heteroatoms. The molecule has 27 heavy (non-hydrogen) atoms. The molecule has 0 bridgehead atoms. The van der Waals surface area contributed by atoms with Crippen LogP contribution >= 0.6 is 11.8 Å². The van der Waals surface area contributed by atoms with E-state index in [0.717, 1.165) is 11.3 Å². The van der Waals surface area contributed by atoms with E-state index in [2.05, 4.69) is 10.2 Å². The molecule has 3 aromatic rings. The van der Waals surface area contributed by atoms with E-state index in [0.29, 0.717) is 16.5 Å². The first-order valence-corrected chi connectivity index (χ1v) is 9.25. The monoisotopic (exact) mass is 379 g/mol. The summed E-state index contributed by atoms with van der Waals surface area (Å²) in [5.41, 5.74) is 7.67. The number of nitrogens with zero attached hydrogens (tertiary/aromatic N) is 2. The highest BCUT2D eigenvalue weighted by atomic mass is 32.2. The number of hydrogen-bond acceptors (Lipinski definition) is 4. The average molecular weight is 379 g/mol. The lowest BCUT2D eigenvalue weighted by Gasteiger charge is -2.07. The van der Waals surface area contributed by atoms with Crippen LogP contribution in [0, 0.1) is 5.82 Å². The molecule has 3 rings (SSSR count). The zero-order valence-electron chi connectivity index (χ0n) is 14.5. The molecule has 0 aliphatic rings. The van der Waals surface area contributed by atoms with Crippen LogP contribution in [-0.2, 0) is 5.75 Å². The van der Waals surface area contributed by atoms with Gasteiger partial charge in [-0.15, -0.1) is 5.10 Å². The fourth-order valence-electron chi connectivity index (χ4n) is 2.21. The highest BCUT2D eigenvalue weighted by Crippen LogP contribution is 2.24. The number of thioether (sulfide) groups is 1. The summed E-state index contributed by atoms with van der Waals surface area (Å²) in [5.74, 6) is 0.958. The summed E-state index contributed by atoms with van der Waals surface area (Å²) in [5, 5.41) is 8.29. The summed E-state index contributed by atoms with van der Waals surface area (Å²) >= 11 is 1.40. The average Bonchev–Trinajstić information content (AvgIpc) is 2.70. The van der Waals surface area contributed by atoms with Gasteiger partial charge in [-0.05, 0) is 35.4 Å². The maximum atomic E-state index is 13.9. The molecule has 0 radical (unpaired) electrons. The summed E-state index contributed by atoms with van der Waals surface area (Å²) in [6.07, 6.45) is 1.51. The van der Waals surface area contributed by atoms with Crippen LogP contribution in [-0.4, -0.2) is 11.4 Å². The zero-order chi connectivity index (χ0) is 18.9. The molecule has 0 unspecified atom stereocenters. The Kier molecular flexibility index (Phi) is 6.60. The Bertz CT molecular complexity index is 931.